The number of methoxy groups -OCH3 is 1. The van der Waals surface area contributed by atoms with Crippen molar-refractivity contribution >= 4 is 41.7 Å². The third-order valence-corrected chi connectivity index (χ3v) is 20.5. The summed E-state index contributed by atoms with van der Waals surface area (Å²) < 4.78 is 72.5. The molecule has 2 bridgehead atoms. The Morgan fingerprint density at radius 3 is 2.34 bits per heavy atom. The summed E-state index contributed by atoms with van der Waals surface area (Å²) in [6.07, 6.45) is 3.84. The van der Waals surface area contributed by atoms with Gasteiger partial charge >= 0.3 is 12.1 Å². The van der Waals surface area contributed by atoms with E-state index in [0.717, 1.165) is 32.2 Å². The number of ether oxygens (including phenoxy) is 4. The Morgan fingerprint density at radius 1 is 0.984 bits per heavy atom. The molecule has 0 N–H and O–H groups in total. The number of fused-ring (bicyclic) bond motifs is 5. The molecule has 1 amide bonds. The standard InChI is InChI=1S/C49H63F3N6O5Si/c1-29(2)64(30(3)4,31(5)6)19-16-37-40(51)15-12-32-20-36(62-28-60-10)21-38(41(32)37)43-42(52)44-39(23-53-43)45(55-46(54-44)61-27-49-17-11-18-57(49)24-33(50)22-49)56-25-34-13-14-35(26-56)58(34)47(59)63-48(7,8)9/h12,15,20-21,23,29-31,33-35H,11,13-14,17-18,22,24-28H2,1-10H3/t33-,34-,35+,49+/m1/s1. The highest BCUT2D eigenvalue weighted by atomic mass is 28.3. The van der Waals surface area contributed by atoms with Crippen molar-refractivity contribution in [3.05, 3.63) is 47.7 Å². The molecule has 0 unspecified atom stereocenters. The molecule has 4 aliphatic rings. The number of aromatic nitrogens is 3. The predicted octanol–water partition coefficient (Wildman–Crippen LogP) is 10.2. The van der Waals surface area contributed by atoms with Crippen LogP contribution in [0.1, 0.15) is 100.0 Å². The van der Waals surface area contributed by atoms with E-state index in [4.69, 9.17) is 33.9 Å². The Kier molecular flexibility index (Phi) is 12.6. The van der Waals surface area contributed by atoms with Crippen LogP contribution in [0, 0.1) is 23.1 Å². The van der Waals surface area contributed by atoms with Crippen molar-refractivity contribution in [3.8, 4) is 34.5 Å². The zero-order valence-electron chi connectivity index (χ0n) is 39.0. The van der Waals surface area contributed by atoms with E-state index in [0.29, 0.717) is 70.4 Å². The largest absolute Gasteiger partial charge is 0.468 e. The molecule has 2 aromatic heterocycles. The van der Waals surface area contributed by atoms with Gasteiger partial charge in [-0.3, -0.25) is 14.8 Å². The minimum absolute atomic E-state index is 0.0336. The van der Waals surface area contributed by atoms with E-state index in [1.165, 1.54) is 13.2 Å². The summed E-state index contributed by atoms with van der Waals surface area (Å²) in [4.78, 5) is 33.9. The lowest BCUT2D eigenvalue weighted by atomic mass is 9.95. The van der Waals surface area contributed by atoms with E-state index in [1.807, 2.05) is 25.7 Å². The Labute approximate surface area is 376 Å². The molecule has 4 aliphatic heterocycles. The second-order valence-electron chi connectivity index (χ2n) is 20.2. The van der Waals surface area contributed by atoms with E-state index in [9.17, 15) is 9.18 Å². The Balaban J connectivity index is 1.29. The molecule has 6 heterocycles. The van der Waals surface area contributed by atoms with Crippen LogP contribution in [0.4, 0.5) is 23.8 Å². The molecule has 0 saturated carbocycles. The Hall–Kier alpha value is -4.65. The maximum absolute atomic E-state index is 17.9. The predicted molar refractivity (Wildman–Crippen MR) is 246 cm³/mol. The van der Waals surface area contributed by atoms with Crippen molar-refractivity contribution in [3.63, 3.8) is 0 Å². The van der Waals surface area contributed by atoms with Crippen LogP contribution in [-0.4, -0.2) is 115 Å². The highest BCUT2D eigenvalue weighted by molar-refractivity contribution is 6.90. The van der Waals surface area contributed by atoms with Crippen molar-refractivity contribution in [1.29, 1.82) is 0 Å². The maximum Gasteiger partial charge on any atom is 0.410 e. The average Bonchev–Trinajstić information content (AvgIpc) is 3.85. The molecule has 8 rings (SSSR count). The number of carbonyl (C=O) groups excluding carboxylic acids is 1. The van der Waals surface area contributed by atoms with Gasteiger partial charge in [0.2, 0.25) is 0 Å². The van der Waals surface area contributed by atoms with Crippen molar-refractivity contribution in [1.82, 2.24) is 24.8 Å². The van der Waals surface area contributed by atoms with Crippen LogP contribution in [0.3, 0.4) is 0 Å². The van der Waals surface area contributed by atoms with Crippen molar-refractivity contribution in [2.45, 2.75) is 140 Å². The lowest BCUT2D eigenvalue weighted by molar-refractivity contribution is 0.0122. The molecule has 4 saturated heterocycles. The molecule has 344 valence electrons. The van der Waals surface area contributed by atoms with Gasteiger partial charge in [-0.2, -0.15) is 9.97 Å². The third-order valence-electron chi connectivity index (χ3n) is 14.2. The first-order valence-corrected chi connectivity index (χ1v) is 25.1. The highest BCUT2D eigenvalue weighted by Gasteiger charge is 2.50. The van der Waals surface area contributed by atoms with Gasteiger partial charge in [-0.15, -0.1) is 5.54 Å². The zero-order chi connectivity index (χ0) is 45.9. The van der Waals surface area contributed by atoms with Gasteiger partial charge < -0.3 is 23.8 Å². The molecular weight excluding hydrogens is 838 g/mol. The number of hydrogen-bond donors (Lipinski definition) is 0. The van der Waals surface area contributed by atoms with Crippen LogP contribution in [0.5, 0.6) is 11.8 Å². The minimum atomic E-state index is -2.33. The summed E-state index contributed by atoms with van der Waals surface area (Å²) in [7, 11) is -0.816. The van der Waals surface area contributed by atoms with Gasteiger partial charge in [-0.1, -0.05) is 53.5 Å². The summed E-state index contributed by atoms with van der Waals surface area (Å²) in [5.41, 5.74) is 3.77. The number of rotatable bonds is 11. The first-order valence-electron chi connectivity index (χ1n) is 22.9. The minimum Gasteiger partial charge on any atom is -0.468 e. The molecule has 4 aromatic rings. The number of anilines is 1. The summed E-state index contributed by atoms with van der Waals surface area (Å²) in [6, 6.07) is 6.09. The van der Waals surface area contributed by atoms with Crippen molar-refractivity contribution in [2.24, 2.45) is 0 Å². The van der Waals surface area contributed by atoms with E-state index in [-0.39, 0.29) is 59.9 Å². The molecular formula is C49H63F3N6O5Si. The molecule has 4 fully saturated rings. The summed E-state index contributed by atoms with van der Waals surface area (Å²) in [5, 5.41) is 1.36. The van der Waals surface area contributed by atoms with Crippen LogP contribution in [0.2, 0.25) is 16.6 Å². The first kappa shape index (κ1) is 45.9. The molecule has 0 aliphatic carbocycles. The molecule has 0 radical (unpaired) electrons. The van der Waals surface area contributed by atoms with Crippen LogP contribution < -0.4 is 14.4 Å². The summed E-state index contributed by atoms with van der Waals surface area (Å²) in [6.45, 7) is 20.8. The van der Waals surface area contributed by atoms with Crippen LogP contribution in [0.25, 0.3) is 32.9 Å². The second-order valence-corrected chi connectivity index (χ2v) is 25.8. The number of pyridine rings is 1. The number of nitrogens with zero attached hydrogens (tertiary/aromatic N) is 6. The Morgan fingerprint density at radius 2 is 1.69 bits per heavy atom. The van der Waals surface area contributed by atoms with E-state index in [1.54, 1.807) is 24.4 Å². The fourth-order valence-electron chi connectivity index (χ4n) is 11.4. The van der Waals surface area contributed by atoms with Gasteiger partial charge in [0.05, 0.1) is 28.6 Å². The van der Waals surface area contributed by atoms with Gasteiger partial charge in [-0.25, -0.2) is 18.0 Å². The van der Waals surface area contributed by atoms with Crippen LogP contribution in [-0.2, 0) is 9.47 Å². The SMILES string of the molecule is COCOc1cc(-c2ncc3c(N4C[C@H]5CC[C@@H](C4)N5C(=O)OC(C)(C)C)nc(OC[C@@]45CCCN4C[C@H](F)C5)nc3c2F)c2c(C#C[Si](C(C)C)(C(C)C)C(C)C)c(F)ccc2c1. The number of piperazine rings is 1. The highest BCUT2D eigenvalue weighted by Crippen LogP contribution is 2.44. The lowest BCUT2D eigenvalue weighted by Crippen LogP contribution is -2.57. The van der Waals surface area contributed by atoms with Gasteiger partial charge in [-0.05, 0) is 93.2 Å². The fourth-order valence-corrected chi connectivity index (χ4v) is 16.6. The normalized spacial score (nSPS) is 22.5. The molecule has 0 spiro atoms. The monoisotopic (exact) mass is 900 g/mol. The average molecular weight is 901 g/mol. The van der Waals surface area contributed by atoms with Gasteiger partial charge in [0.1, 0.15) is 55.0 Å². The third kappa shape index (κ3) is 8.39. The number of halogens is 3. The van der Waals surface area contributed by atoms with Crippen molar-refractivity contribution < 1.29 is 36.9 Å². The van der Waals surface area contributed by atoms with Gasteiger partial charge in [0, 0.05) is 50.3 Å². The number of amides is 1. The summed E-state index contributed by atoms with van der Waals surface area (Å²) in [5.74, 6) is 2.86. The number of hydrogen-bond acceptors (Lipinski definition) is 10. The molecule has 64 heavy (non-hydrogen) atoms. The van der Waals surface area contributed by atoms with E-state index < -0.39 is 37.0 Å². The quantitative estimate of drug-likeness (QED) is 0.0821. The van der Waals surface area contributed by atoms with Gasteiger partial charge in [0.25, 0.3) is 0 Å². The number of alkyl halides is 1. The number of carbonyl (C=O) groups is 1. The van der Waals surface area contributed by atoms with Gasteiger partial charge in [0.15, 0.2) is 12.6 Å². The maximum atomic E-state index is 17.9. The second kappa shape index (κ2) is 17.6. The first-order chi connectivity index (χ1) is 30.4. The van der Waals surface area contributed by atoms with E-state index >= 15 is 8.78 Å². The zero-order valence-corrected chi connectivity index (χ0v) is 40.0. The molecule has 4 atom stereocenters. The summed E-state index contributed by atoms with van der Waals surface area (Å²) >= 11 is 0. The molecule has 11 nitrogen and oxygen atoms in total. The lowest BCUT2D eigenvalue weighted by Gasteiger charge is -2.42. The number of benzene rings is 2. The fraction of sp³-hybridized carbons (Fsp3) is 0.592. The van der Waals surface area contributed by atoms with E-state index in [2.05, 4.69) is 62.8 Å². The van der Waals surface area contributed by atoms with Crippen molar-refractivity contribution in [2.75, 3.05) is 51.6 Å². The van der Waals surface area contributed by atoms with Crippen LogP contribution in [0.15, 0.2) is 30.5 Å². The van der Waals surface area contributed by atoms with Crippen LogP contribution >= 0.6 is 0 Å². The Bertz CT molecular complexity index is 2450. The smallest absolute Gasteiger partial charge is 0.410 e. The molecule has 2 aromatic carbocycles. The molecule has 15 heteroatoms. The topological polar surface area (TPSA) is 102 Å².